The Bertz CT molecular complexity index is 106. The lowest BCUT2D eigenvalue weighted by Crippen LogP contribution is -2.39. The van der Waals surface area contributed by atoms with Crippen molar-refractivity contribution in [2.75, 3.05) is 13.1 Å². The van der Waals surface area contributed by atoms with Crippen LogP contribution in [0.1, 0.15) is 6.42 Å². The number of hydrogen-bond acceptors (Lipinski definition) is 2. The number of nitrogens with one attached hydrogen (secondary N) is 1. The summed E-state index contributed by atoms with van der Waals surface area (Å²) in [7, 11) is 0. The molecule has 0 aromatic carbocycles. The van der Waals surface area contributed by atoms with Crippen LogP contribution in [-0.4, -0.2) is 30.2 Å². The van der Waals surface area contributed by atoms with Crippen LogP contribution in [0.3, 0.4) is 0 Å². The smallest absolute Gasteiger partial charge is 0.268 e. The van der Waals surface area contributed by atoms with E-state index in [0.29, 0.717) is 6.54 Å². The van der Waals surface area contributed by atoms with Crippen molar-refractivity contribution in [2.45, 2.75) is 18.4 Å². The molecule has 1 fully saturated rings. The van der Waals surface area contributed by atoms with Gasteiger partial charge in [0.05, 0.1) is 0 Å². The molecule has 0 aliphatic carbocycles. The van der Waals surface area contributed by atoms with Gasteiger partial charge in [-0.1, -0.05) is 0 Å². The zero-order chi connectivity index (χ0) is 6.91. The van der Waals surface area contributed by atoms with Gasteiger partial charge in [0.1, 0.15) is 5.60 Å². The van der Waals surface area contributed by atoms with E-state index in [4.69, 9.17) is 5.11 Å². The van der Waals surface area contributed by atoms with Crippen molar-refractivity contribution in [1.29, 1.82) is 0 Å². The first-order valence-corrected chi connectivity index (χ1v) is 2.86. The summed E-state index contributed by atoms with van der Waals surface area (Å²) in [6.07, 6.45) is -2.46. The third-order valence-electron chi connectivity index (χ3n) is 1.57. The molecule has 5 heteroatoms. The van der Waals surface area contributed by atoms with E-state index in [-0.39, 0.29) is 25.4 Å². The lowest BCUT2D eigenvalue weighted by molar-refractivity contribution is -0.0812. The van der Waals surface area contributed by atoms with Crippen molar-refractivity contribution in [2.24, 2.45) is 0 Å². The Morgan fingerprint density at radius 1 is 1.50 bits per heavy atom. The quantitative estimate of drug-likeness (QED) is 0.602. The summed E-state index contributed by atoms with van der Waals surface area (Å²) in [6, 6.07) is 0. The molecular formula is C5H10ClF2NO. The molecule has 10 heavy (non-hydrogen) atoms. The van der Waals surface area contributed by atoms with E-state index in [9.17, 15) is 8.78 Å². The summed E-state index contributed by atoms with van der Waals surface area (Å²) >= 11 is 0. The minimum Gasteiger partial charge on any atom is -0.383 e. The zero-order valence-corrected chi connectivity index (χ0v) is 6.13. The Kier molecular flexibility index (Phi) is 3.48. The summed E-state index contributed by atoms with van der Waals surface area (Å²) < 4.78 is 23.7. The Balaban J connectivity index is 0.000000810. The number of aliphatic hydroxyl groups is 1. The molecule has 1 rings (SSSR count). The van der Waals surface area contributed by atoms with E-state index in [1.807, 2.05) is 0 Å². The van der Waals surface area contributed by atoms with Crippen LogP contribution in [0.5, 0.6) is 0 Å². The number of β-amino-alcohol motifs (C(OH)–C–C–N with tert-alkyl or cyclic N) is 1. The molecule has 0 spiro atoms. The first-order valence-electron chi connectivity index (χ1n) is 2.86. The van der Waals surface area contributed by atoms with Crippen LogP contribution in [0.4, 0.5) is 8.78 Å². The molecule has 1 aliphatic heterocycles. The molecule has 1 aliphatic rings. The van der Waals surface area contributed by atoms with E-state index in [2.05, 4.69) is 5.32 Å². The van der Waals surface area contributed by atoms with Gasteiger partial charge in [-0.05, 0) is 13.0 Å². The highest BCUT2D eigenvalue weighted by atomic mass is 35.5. The maximum atomic E-state index is 11.8. The van der Waals surface area contributed by atoms with Crippen molar-refractivity contribution >= 4 is 12.4 Å². The molecule has 1 atom stereocenters. The molecule has 1 unspecified atom stereocenters. The second-order valence-electron chi connectivity index (χ2n) is 2.33. The van der Waals surface area contributed by atoms with E-state index < -0.39 is 12.0 Å². The van der Waals surface area contributed by atoms with Crippen molar-refractivity contribution in [3.05, 3.63) is 0 Å². The fourth-order valence-electron chi connectivity index (χ4n) is 0.884. The molecule has 2 N–H and O–H groups in total. The monoisotopic (exact) mass is 173 g/mol. The molecule has 0 aromatic heterocycles. The number of rotatable bonds is 1. The predicted molar refractivity (Wildman–Crippen MR) is 35.7 cm³/mol. The fraction of sp³-hybridized carbons (Fsp3) is 1.00. The molecule has 0 saturated carbocycles. The minimum absolute atomic E-state index is 0. The number of halogens is 3. The minimum atomic E-state index is -2.62. The van der Waals surface area contributed by atoms with E-state index in [0.717, 1.165) is 0 Å². The highest BCUT2D eigenvalue weighted by Gasteiger charge is 2.40. The van der Waals surface area contributed by atoms with Crippen LogP contribution in [0, 0.1) is 0 Å². The molecular weight excluding hydrogens is 164 g/mol. The molecule has 1 saturated heterocycles. The molecule has 1 heterocycles. The Hall–Kier alpha value is 0.0700. The van der Waals surface area contributed by atoms with E-state index >= 15 is 0 Å². The van der Waals surface area contributed by atoms with Gasteiger partial charge in [-0.2, -0.15) is 0 Å². The lowest BCUT2D eigenvalue weighted by Gasteiger charge is -2.18. The van der Waals surface area contributed by atoms with Crippen LogP contribution in [-0.2, 0) is 0 Å². The summed E-state index contributed by atoms with van der Waals surface area (Å²) in [5.74, 6) is 0. The Morgan fingerprint density at radius 2 is 2.10 bits per heavy atom. The maximum Gasteiger partial charge on any atom is 0.268 e. The summed E-state index contributed by atoms with van der Waals surface area (Å²) in [6.45, 7) is 0.505. The van der Waals surface area contributed by atoms with Crippen LogP contribution in [0.25, 0.3) is 0 Å². The third-order valence-corrected chi connectivity index (χ3v) is 1.57. The number of alkyl halides is 2. The van der Waals surface area contributed by atoms with E-state index in [1.54, 1.807) is 0 Å². The topological polar surface area (TPSA) is 32.3 Å². The summed E-state index contributed by atoms with van der Waals surface area (Å²) in [5.41, 5.74) is -1.75. The van der Waals surface area contributed by atoms with Gasteiger partial charge < -0.3 is 10.4 Å². The fourth-order valence-corrected chi connectivity index (χ4v) is 0.884. The SMILES string of the molecule is Cl.OC1(C(F)F)CCNC1. The van der Waals surface area contributed by atoms with Gasteiger partial charge in [0, 0.05) is 6.54 Å². The van der Waals surface area contributed by atoms with Gasteiger partial charge in [-0.3, -0.25) is 0 Å². The second-order valence-corrected chi connectivity index (χ2v) is 2.33. The van der Waals surface area contributed by atoms with Crippen molar-refractivity contribution in [1.82, 2.24) is 5.32 Å². The van der Waals surface area contributed by atoms with Crippen molar-refractivity contribution in [3.8, 4) is 0 Å². The molecule has 0 amide bonds. The van der Waals surface area contributed by atoms with Crippen LogP contribution in [0.15, 0.2) is 0 Å². The Morgan fingerprint density at radius 3 is 2.30 bits per heavy atom. The average Bonchev–Trinajstić information content (AvgIpc) is 2.16. The first kappa shape index (κ1) is 10.1. The van der Waals surface area contributed by atoms with Gasteiger partial charge in [-0.25, -0.2) is 8.78 Å². The van der Waals surface area contributed by atoms with Crippen LogP contribution >= 0.6 is 12.4 Å². The van der Waals surface area contributed by atoms with Crippen LogP contribution < -0.4 is 5.32 Å². The summed E-state index contributed by atoms with van der Waals surface area (Å²) in [5, 5.41) is 11.6. The normalized spacial score (nSPS) is 32.4. The zero-order valence-electron chi connectivity index (χ0n) is 5.31. The highest BCUT2D eigenvalue weighted by molar-refractivity contribution is 5.85. The van der Waals surface area contributed by atoms with Crippen molar-refractivity contribution < 1.29 is 13.9 Å². The van der Waals surface area contributed by atoms with Gasteiger partial charge in [0.15, 0.2) is 0 Å². The average molecular weight is 174 g/mol. The lowest BCUT2D eigenvalue weighted by atomic mass is 10.1. The Labute approximate surface area is 64.0 Å². The predicted octanol–water partition coefficient (Wildman–Crippen LogP) is 0.398. The van der Waals surface area contributed by atoms with Crippen molar-refractivity contribution in [3.63, 3.8) is 0 Å². The van der Waals surface area contributed by atoms with Crippen LogP contribution in [0.2, 0.25) is 0 Å². The molecule has 2 nitrogen and oxygen atoms in total. The maximum absolute atomic E-state index is 11.8. The molecule has 0 aromatic rings. The van der Waals surface area contributed by atoms with Gasteiger partial charge >= 0.3 is 0 Å². The summed E-state index contributed by atoms with van der Waals surface area (Å²) in [4.78, 5) is 0. The third kappa shape index (κ3) is 1.78. The molecule has 0 bridgehead atoms. The molecule has 62 valence electrons. The second kappa shape index (κ2) is 3.46. The largest absolute Gasteiger partial charge is 0.383 e. The van der Waals surface area contributed by atoms with E-state index in [1.165, 1.54) is 0 Å². The van der Waals surface area contributed by atoms with Gasteiger partial charge in [0.25, 0.3) is 6.43 Å². The number of hydrogen-bond donors (Lipinski definition) is 2. The standard InChI is InChI=1S/C5H9F2NO.ClH/c6-4(7)5(9)1-2-8-3-5;/h4,8-9H,1-3H2;1H. The molecule has 0 radical (unpaired) electrons. The van der Waals surface area contributed by atoms with Gasteiger partial charge in [0.2, 0.25) is 0 Å². The highest BCUT2D eigenvalue weighted by Crippen LogP contribution is 2.21. The first-order chi connectivity index (χ1) is 4.15. The van der Waals surface area contributed by atoms with Gasteiger partial charge in [-0.15, -0.1) is 12.4 Å².